The number of aliphatic hydroxyl groups is 1. The molecule has 0 aliphatic rings. The Bertz CT molecular complexity index is 93.1. The molecule has 66 valence electrons. The first-order valence-corrected chi connectivity index (χ1v) is 4.79. The predicted molar refractivity (Wildman–Crippen MR) is 32.1 cm³/mol. The van der Waals surface area contributed by atoms with Crippen molar-refractivity contribution in [3.05, 3.63) is 0 Å². The molecule has 0 saturated heterocycles. The van der Waals surface area contributed by atoms with Crippen molar-refractivity contribution in [2.75, 3.05) is 6.61 Å². The molecule has 6 N–H and O–H groups in total. The minimum absolute atomic E-state index is 0. The van der Waals surface area contributed by atoms with Crippen LogP contribution in [0.2, 0.25) is 0 Å². The quantitative estimate of drug-likeness (QED) is 0.269. The summed E-state index contributed by atoms with van der Waals surface area (Å²) in [4.78, 5) is 9.12. The van der Waals surface area contributed by atoms with Crippen LogP contribution in [0.4, 0.5) is 0 Å². The van der Waals surface area contributed by atoms with Crippen LogP contribution in [0.15, 0.2) is 0 Å². The fourth-order valence-corrected chi connectivity index (χ4v) is 0. The molecule has 0 radical (unpaired) electrons. The van der Waals surface area contributed by atoms with Crippen molar-refractivity contribution in [3.63, 3.8) is 0 Å². The van der Waals surface area contributed by atoms with E-state index in [-0.39, 0.29) is 48.9 Å². The molecule has 0 heterocycles. The van der Waals surface area contributed by atoms with Gasteiger partial charge in [0, 0.05) is 0 Å². The molecule has 7 nitrogen and oxygen atoms in total. The average molecular weight is 331 g/mol. The summed E-state index contributed by atoms with van der Waals surface area (Å²) in [6.45, 7) is -0.778. The van der Waals surface area contributed by atoms with Gasteiger partial charge in [-0.2, -0.15) is 0 Å². The summed E-state index contributed by atoms with van der Waals surface area (Å²) in [5, 5.41) is 15.0. The average Bonchev–Trinajstić information content (AvgIpc) is 1.61. The van der Waals surface area contributed by atoms with Crippen molar-refractivity contribution < 1.29 is 47.9 Å². The molecule has 0 fully saturated rings. The van der Waals surface area contributed by atoms with Crippen LogP contribution >= 0.6 is 0 Å². The summed E-state index contributed by atoms with van der Waals surface area (Å²) in [5.41, 5.74) is 0. The molecule has 0 spiro atoms. The third-order valence-electron chi connectivity index (χ3n) is 0.135. The van der Waals surface area contributed by atoms with E-state index < -0.39 is 30.7 Å². The van der Waals surface area contributed by atoms with Gasteiger partial charge in [0.15, 0.2) is 0 Å². The monoisotopic (exact) mass is 332 g/mol. The fraction of sp³-hybridized carbons (Fsp3) is 0.500. The van der Waals surface area contributed by atoms with E-state index in [1.54, 1.807) is 0 Å². The first-order valence-electron chi connectivity index (χ1n) is 1.99. The summed E-state index contributed by atoms with van der Waals surface area (Å²) in [5.74, 6) is -1.19. The van der Waals surface area contributed by atoms with Crippen molar-refractivity contribution in [1.29, 1.82) is 0 Å². The zero-order chi connectivity index (χ0) is 8.78. The second-order valence-electron chi connectivity index (χ2n) is 1.15. The first kappa shape index (κ1) is 18.4. The number of hydrogen-bond donors (Lipinski definition) is 6. The summed E-state index contributed by atoms with van der Waals surface area (Å²) >= 11 is -5.00. The van der Waals surface area contributed by atoms with Gasteiger partial charge < -0.3 is 10.2 Å². The van der Waals surface area contributed by atoms with E-state index in [1.807, 2.05) is 0 Å². The third kappa shape index (κ3) is 83.5. The van der Waals surface area contributed by atoms with Crippen molar-refractivity contribution in [2.24, 2.45) is 0 Å². The van der Waals surface area contributed by atoms with Gasteiger partial charge in [0.1, 0.15) is 6.61 Å². The number of aliphatic carboxylic acids is 1. The molecule has 11 heavy (non-hydrogen) atoms. The minimum atomic E-state index is -5.00. The normalized spacial score (nSPS) is 8.82. The molecule has 0 aromatic rings. The van der Waals surface area contributed by atoms with Crippen LogP contribution in [0.3, 0.4) is 0 Å². The summed E-state index contributed by atoms with van der Waals surface area (Å²) in [7, 11) is 0. The topological polar surface area (TPSA) is 138 Å². The van der Waals surface area contributed by atoms with Crippen molar-refractivity contribution >= 4 is 54.9 Å². The van der Waals surface area contributed by atoms with E-state index in [2.05, 4.69) is 0 Å². The van der Waals surface area contributed by atoms with Gasteiger partial charge in [-0.05, 0) is 0 Å². The maximum absolute atomic E-state index is 9.12. The SMILES string of the molecule is O=C(O)CO.[BaH2].[OH][Ti]([OH])([OH])[OH]. The van der Waals surface area contributed by atoms with E-state index in [9.17, 15) is 0 Å². The molecule has 0 bridgehead atoms. The van der Waals surface area contributed by atoms with Gasteiger partial charge in [0.05, 0.1) is 0 Å². The van der Waals surface area contributed by atoms with Crippen LogP contribution in [-0.4, -0.2) is 86.4 Å². The molecule has 0 rings (SSSR count). The molecule has 0 unspecified atom stereocenters. The van der Waals surface area contributed by atoms with Crippen LogP contribution in [-0.2, 0) is 22.9 Å². The molecule has 0 atom stereocenters. The summed E-state index contributed by atoms with van der Waals surface area (Å²) in [6.07, 6.45) is 0. The zero-order valence-electron chi connectivity index (χ0n) is 4.80. The van der Waals surface area contributed by atoms with Gasteiger partial charge in [-0.25, -0.2) is 4.79 Å². The maximum atomic E-state index is 9.12. The van der Waals surface area contributed by atoms with Crippen molar-refractivity contribution in [3.8, 4) is 0 Å². The van der Waals surface area contributed by atoms with Crippen LogP contribution < -0.4 is 0 Å². The van der Waals surface area contributed by atoms with Gasteiger partial charge in [0.2, 0.25) is 0 Å². The molecule has 0 aromatic carbocycles. The third-order valence-corrected chi connectivity index (χ3v) is 0.135. The van der Waals surface area contributed by atoms with E-state index in [4.69, 9.17) is 29.8 Å². The molecular formula is C2H10BaO7Ti. The van der Waals surface area contributed by atoms with Crippen LogP contribution in [0.5, 0.6) is 0 Å². The fourth-order valence-electron chi connectivity index (χ4n) is 0. The molecule has 0 amide bonds. The second-order valence-corrected chi connectivity index (χ2v) is 3.03. The van der Waals surface area contributed by atoms with Crippen molar-refractivity contribution in [2.45, 2.75) is 0 Å². The van der Waals surface area contributed by atoms with Crippen molar-refractivity contribution in [1.82, 2.24) is 0 Å². The Kier molecular flexibility index (Phi) is 16.1. The second kappa shape index (κ2) is 9.64. The number of carboxylic acids is 1. The predicted octanol–water partition coefficient (Wildman–Crippen LogP) is -4.08. The van der Waals surface area contributed by atoms with Crippen LogP contribution in [0.25, 0.3) is 0 Å². The molecule has 0 aliphatic heterocycles. The summed E-state index contributed by atoms with van der Waals surface area (Å²) < 4.78 is 29.5. The molecule has 0 aromatic heterocycles. The molecule has 9 heteroatoms. The standard InChI is InChI=1S/C2H4O3.Ba.4H2O.Ti.2H/c3-1-2(4)5;;;;;;;;/h3H,1H2,(H,4,5);;4*1H2;;;/q;;;;;;+4;;/p-4. The van der Waals surface area contributed by atoms with E-state index >= 15 is 0 Å². The van der Waals surface area contributed by atoms with Gasteiger partial charge in [-0.15, -0.1) is 0 Å². The Morgan fingerprint density at radius 1 is 1.18 bits per heavy atom. The van der Waals surface area contributed by atoms with E-state index in [1.165, 1.54) is 0 Å². The Morgan fingerprint density at radius 2 is 1.27 bits per heavy atom. The summed E-state index contributed by atoms with van der Waals surface area (Å²) in [6, 6.07) is 0. The number of carboxylic acid groups (broad SMARTS) is 1. The van der Waals surface area contributed by atoms with Gasteiger partial charge in [0.25, 0.3) is 0 Å². The Hall–Kier alpha value is 1.56. The number of hydrogen-bond acceptors (Lipinski definition) is 6. The molecular weight excluding hydrogens is 321 g/mol. The number of rotatable bonds is 1. The first-order chi connectivity index (χ1) is 4.27. The van der Waals surface area contributed by atoms with E-state index in [0.717, 1.165) is 0 Å². The zero-order valence-corrected chi connectivity index (χ0v) is 6.36. The Morgan fingerprint density at radius 3 is 1.27 bits per heavy atom. The number of carbonyl (C=O) groups is 1. The van der Waals surface area contributed by atoms with Crippen LogP contribution in [0, 0.1) is 0 Å². The molecule has 0 saturated carbocycles. The Labute approximate surface area is 108 Å². The Balaban J connectivity index is -0.000000107. The van der Waals surface area contributed by atoms with Gasteiger partial charge >= 0.3 is 87.7 Å². The van der Waals surface area contributed by atoms with E-state index in [0.29, 0.717) is 0 Å². The van der Waals surface area contributed by atoms with Gasteiger partial charge in [-0.1, -0.05) is 0 Å². The van der Waals surface area contributed by atoms with Gasteiger partial charge in [-0.3, -0.25) is 0 Å². The molecule has 0 aliphatic carbocycles. The number of aliphatic hydroxyl groups excluding tert-OH is 1. The van der Waals surface area contributed by atoms with Crippen LogP contribution in [0.1, 0.15) is 0 Å².